The van der Waals surface area contributed by atoms with E-state index in [1.165, 1.54) is 4.70 Å². The van der Waals surface area contributed by atoms with Gasteiger partial charge in [0.05, 0.1) is 68.7 Å². The summed E-state index contributed by atoms with van der Waals surface area (Å²) in [5.41, 5.74) is 19.2. The van der Waals surface area contributed by atoms with Gasteiger partial charge in [0.2, 0.25) is 29.5 Å². The minimum atomic E-state index is -0.600. The second-order valence-electron chi connectivity index (χ2n) is 24.6. The van der Waals surface area contributed by atoms with Crippen LogP contribution in [0.4, 0.5) is 0 Å². The lowest BCUT2D eigenvalue weighted by molar-refractivity contribution is -0.131. The zero-order valence-electron chi connectivity index (χ0n) is 63.3. The third-order valence-electron chi connectivity index (χ3n) is 16.9. The Morgan fingerprint density at radius 1 is 0.457 bits per heavy atom. The number of ether oxygens (including phenoxy) is 3. The molecular weight excluding hydrogens is 1350 g/mol. The van der Waals surface area contributed by atoms with Crippen LogP contribution in [0.5, 0.6) is 17.2 Å². The first-order chi connectivity index (χ1) is 50.6. The molecule has 0 aliphatic carbocycles. The van der Waals surface area contributed by atoms with Gasteiger partial charge in [-0.2, -0.15) is 0 Å². The molecule has 1 atom stereocenters. The molecule has 570 valence electrons. The van der Waals surface area contributed by atoms with E-state index in [9.17, 15) is 38.4 Å². The molecule has 0 spiro atoms. The van der Waals surface area contributed by atoms with Crippen LogP contribution in [-0.4, -0.2) is 214 Å². The zero-order valence-corrected chi connectivity index (χ0v) is 64.1. The Morgan fingerprint density at radius 2 is 0.848 bits per heavy atom. The number of nitrogens with one attached hydrogen (secondary N) is 6. The number of fused-ring (bicyclic) bond motifs is 4. The lowest BCUT2D eigenvalue weighted by Crippen LogP contribution is -2.43. The van der Waals surface area contributed by atoms with Crippen LogP contribution in [0.3, 0.4) is 0 Å². The van der Waals surface area contributed by atoms with Crippen molar-refractivity contribution in [3.8, 4) is 17.2 Å². The van der Waals surface area contributed by atoms with Gasteiger partial charge < -0.3 is 82.9 Å². The highest BCUT2D eigenvalue weighted by atomic mass is 32.1. The van der Waals surface area contributed by atoms with Crippen molar-refractivity contribution in [1.82, 2.24) is 51.5 Å². The fourth-order valence-electron chi connectivity index (χ4n) is 10.1. The van der Waals surface area contributed by atoms with Gasteiger partial charge in [0.1, 0.15) is 17.2 Å². The van der Waals surface area contributed by atoms with Crippen molar-refractivity contribution in [1.29, 1.82) is 0 Å². The van der Waals surface area contributed by atoms with E-state index in [0.717, 1.165) is 95.0 Å². The minimum absolute atomic E-state index is 0.00694. The molecule has 105 heavy (non-hydrogen) atoms. The van der Waals surface area contributed by atoms with Crippen molar-refractivity contribution in [3.63, 3.8) is 0 Å². The summed E-state index contributed by atoms with van der Waals surface area (Å²) in [6, 6.07) is 41.9. The lowest BCUT2D eigenvalue weighted by Gasteiger charge is -2.21. The number of carbonyl (C=O) groups excluding carboxylic acids is 8. The largest absolute Gasteiger partial charge is 0.493 e. The van der Waals surface area contributed by atoms with Crippen molar-refractivity contribution in [2.45, 2.75) is 85.6 Å². The average molecular weight is 1460 g/mol. The summed E-state index contributed by atoms with van der Waals surface area (Å²) in [5, 5.41) is 25.8. The molecule has 12 N–H and O–H groups in total. The Labute approximate surface area is 623 Å². The van der Waals surface area contributed by atoms with Gasteiger partial charge in [-0.05, 0) is 197 Å². The second kappa shape index (κ2) is 49.1. The van der Waals surface area contributed by atoms with Crippen molar-refractivity contribution in [3.05, 3.63) is 161 Å². The standard InChI is InChI=1S/C31H36N4O4S.C21H29N3O3.C20H27N3O3.C5H12N2O.C3H9N/c1-3-33-29(36)19-34-30(37)25-16-21-10-4-5-11-22(21)18-27(25)39-15-9-8-14-35(2)31(38)26(32)17-23-20-40-28-13-7-6-12-24(23)28;1-4-24(3)20(25)15-23-21(26)18-13-16-9-5-6-10-17(16)14-19(18)27-12-8-7-11-22-2;1-3-23(2)19(24)14-22-20(25)17-12-15-8-4-5-9-16(15)13-18(17)26-11-7-6-10-21;1-3-7(2)5(8)4-6;1-3-4-2/h4-7,10-13,16,18,20,26H,3,8-9,14-15,17,19,32H2,1-2H3,(H,33,36)(H,34,37);5-6,9-10,13-14,22H,4,7-8,11-12,15H2,1-3H3,(H,23,26);4-5,8-9,12-13H,3,6-7,10-11,14,21H2,1-2H3,(H,22,25);3-4,6H2,1-2H3;4H,3H2,1-2H3. The Balaban J connectivity index is 0.000000316. The molecule has 7 aromatic carbocycles. The molecule has 25 heteroatoms. The van der Waals surface area contributed by atoms with Crippen LogP contribution in [0, 0.1) is 0 Å². The predicted molar refractivity (Wildman–Crippen MR) is 424 cm³/mol. The van der Waals surface area contributed by atoms with E-state index in [0.29, 0.717) is 99.3 Å². The molecular formula is C80H113N13O11S. The van der Waals surface area contributed by atoms with E-state index in [-0.39, 0.29) is 73.4 Å². The second-order valence-corrected chi connectivity index (χ2v) is 25.5. The zero-order chi connectivity index (χ0) is 77.1. The van der Waals surface area contributed by atoms with Gasteiger partial charge in [-0.25, -0.2) is 0 Å². The fourth-order valence-corrected chi connectivity index (χ4v) is 11.1. The lowest BCUT2D eigenvalue weighted by atomic mass is 10.0. The number of benzene rings is 7. The number of amides is 8. The minimum Gasteiger partial charge on any atom is -0.493 e. The number of unbranched alkanes of at least 4 members (excludes halogenated alkanes) is 3. The van der Waals surface area contributed by atoms with E-state index >= 15 is 0 Å². The van der Waals surface area contributed by atoms with E-state index in [2.05, 4.69) is 56.3 Å². The topological polar surface area (TPSA) is 327 Å². The number of nitrogens with zero attached hydrogens (tertiary/aromatic N) is 4. The quantitative estimate of drug-likeness (QED) is 0.0169. The maximum atomic E-state index is 12.9. The SMILES string of the molecule is CCN(C)C(=O)CN.CCN(C)C(=O)CNC(=O)c1cc2ccccc2cc1OCCCCN.CCN(C)C(=O)CNC(=O)c1cc2ccccc2cc1OCCCCNC.CCNC.CCNC(=O)CNC(=O)c1cc2ccccc2cc1OCCCCN(C)C(=O)C(N)Cc1csc2ccccc12. The number of hydrogen-bond acceptors (Lipinski definition) is 17. The van der Waals surface area contributed by atoms with Crippen LogP contribution in [0.1, 0.15) is 110 Å². The van der Waals surface area contributed by atoms with Gasteiger partial charge in [0.15, 0.2) is 0 Å². The third kappa shape index (κ3) is 30.1. The molecule has 0 radical (unpaired) electrons. The molecule has 8 amide bonds. The third-order valence-corrected chi connectivity index (χ3v) is 17.9. The highest BCUT2D eigenvalue weighted by molar-refractivity contribution is 7.17. The summed E-state index contributed by atoms with van der Waals surface area (Å²) in [6.45, 7) is 16.5. The van der Waals surface area contributed by atoms with Crippen LogP contribution in [0.25, 0.3) is 42.4 Å². The van der Waals surface area contributed by atoms with Crippen molar-refractivity contribution in [2.75, 3.05) is 141 Å². The molecule has 8 aromatic rings. The Kier molecular flexibility index (Phi) is 40.9. The first-order valence-corrected chi connectivity index (χ1v) is 37.0. The number of hydrogen-bond donors (Lipinski definition) is 9. The fraction of sp³-hybridized carbons (Fsp3) is 0.425. The number of likely N-dealkylation sites (N-methyl/N-ethyl adjacent to an activating group) is 5. The van der Waals surface area contributed by atoms with Crippen LogP contribution in [0.15, 0.2) is 139 Å². The van der Waals surface area contributed by atoms with Gasteiger partial charge in [0, 0.05) is 65.6 Å². The molecule has 0 saturated heterocycles. The van der Waals surface area contributed by atoms with Gasteiger partial charge >= 0.3 is 0 Å². The molecule has 1 unspecified atom stereocenters. The molecule has 24 nitrogen and oxygen atoms in total. The van der Waals surface area contributed by atoms with Gasteiger partial charge in [0.25, 0.3) is 17.7 Å². The van der Waals surface area contributed by atoms with Crippen molar-refractivity contribution in [2.24, 2.45) is 17.2 Å². The summed E-state index contributed by atoms with van der Waals surface area (Å²) >= 11 is 1.67. The highest BCUT2D eigenvalue weighted by Gasteiger charge is 2.22. The van der Waals surface area contributed by atoms with E-state index in [1.54, 1.807) is 71.3 Å². The number of rotatable bonds is 35. The molecule has 0 bridgehead atoms. The summed E-state index contributed by atoms with van der Waals surface area (Å²) in [6.07, 6.45) is 5.51. The molecule has 0 aliphatic rings. The van der Waals surface area contributed by atoms with Crippen LogP contribution in [-0.2, 0) is 30.4 Å². The predicted octanol–water partition coefficient (Wildman–Crippen LogP) is 8.35. The monoisotopic (exact) mass is 1460 g/mol. The molecule has 0 aliphatic heterocycles. The summed E-state index contributed by atoms with van der Waals surface area (Å²) in [4.78, 5) is 104. The number of carbonyl (C=O) groups is 8. The van der Waals surface area contributed by atoms with Crippen LogP contribution >= 0.6 is 11.3 Å². The number of thiophene rings is 1. The first-order valence-electron chi connectivity index (χ1n) is 36.1. The summed E-state index contributed by atoms with van der Waals surface area (Å²) in [5.74, 6) is -0.0577. The van der Waals surface area contributed by atoms with Crippen molar-refractivity contribution >= 4 is 101 Å². The smallest absolute Gasteiger partial charge is 0.255 e. The Hall–Kier alpha value is -9.76. The number of nitrogens with two attached hydrogens (primary N) is 3. The summed E-state index contributed by atoms with van der Waals surface area (Å²) < 4.78 is 19.0. The maximum Gasteiger partial charge on any atom is 0.255 e. The normalized spacial score (nSPS) is 10.8. The summed E-state index contributed by atoms with van der Waals surface area (Å²) in [7, 11) is 10.8. The first kappa shape index (κ1) is 87.6. The Bertz CT molecular complexity index is 4020. The maximum absolute atomic E-state index is 12.9. The molecule has 1 aromatic heterocycles. The van der Waals surface area contributed by atoms with Crippen LogP contribution < -0.4 is 63.3 Å². The molecule has 8 rings (SSSR count). The van der Waals surface area contributed by atoms with Gasteiger partial charge in [-0.1, -0.05) is 97.9 Å². The van der Waals surface area contributed by atoms with Crippen LogP contribution in [0.2, 0.25) is 0 Å². The van der Waals surface area contributed by atoms with Gasteiger partial charge in [-0.3, -0.25) is 38.4 Å². The highest BCUT2D eigenvalue weighted by Crippen LogP contribution is 2.30. The molecule has 1 heterocycles. The average Bonchev–Trinajstić information content (AvgIpc) is 1.57. The molecule has 0 saturated carbocycles. The van der Waals surface area contributed by atoms with Gasteiger partial charge in [-0.15, -0.1) is 11.3 Å². The van der Waals surface area contributed by atoms with Crippen molar-refractivity contribution < 1.29 is 52.6 Å². The Morgan fingerprint density at radius 3 is 1.24 bits per heavy atom. The van der Waals surface area contributed by atoms with E-state index in [4.69, 9.17) is 31.4 Å². The molecule has 0 fully saturated rings. The van der Waals surface area contributed by atoms with E-state index in [1.807, 2.05) is 151 Å². The van der Waals surface area contributed by atoms with E-state index < -0.39 is 6.04 Å².